The van der Waals surface area contributed by atoms with Crippen molar-refractivity contribution < 1.29 is 4.79 Å². The Morgan fingerprint density at radius 1 is 1.26 bits per heavy atom. The molecule has 0 saturated heterocycles. The molecule has 0 saturated carbocycles. The minimum atomic E-state index is -0.109. The summed E-state index contributed by atoms with van der Waals surface area (Å²) in [6.07, 6.45) is 0. The summed E-state index contributed by atoms with van der Waals surface area (Å²) in [5.74, 6) is 0.991. The molecule has 0 unspecified atom stereocenters. The fourth-order valence-electron chi connectivity index (χ4n) is 1.84. The van der Waals surface area contributed by atoms with Crippen LogP contribution < -0.4 is 5.43 Å². The Morgan fingerprint density at radius 2 is 2.04 bits per heavy atom. The van der Waals surface area contributed by atoms with Crippen LogP contribution in [0.2, 0.25) is 5.02 Å². The molecule has 0 spiro atoms. The molecule has 0 aromatic heterocycles. The van der Waals surface area contributed by atoms with Gasteiger partial charge >= 0.3 is 0 Å². The van der Waals surface area contributed by atoms with Gasteiger partial charge in [-0.3, -0.25) is 4.79 Å². The SMILES string of the molecule is C/C(=N\NC(=O)CSCc1cccc(Cl)c1)c1cccc(I)c1. The molecule has 0 fully saturated rings. The predicted octanol–water partition coefficient (Wildman–Crippen LogP) is 4.72. The Labute approximate surface area is 159 Å². The highest BCUT2D eigenvalue weighted by Crippen LogP contribution is 2.16. The predicted molar refractivity (Wildman–Crippen MR) is 107 cm³/mol. The van der Waals surface area contributed by atoms with E-state index in [0.29, 0.717) is 10.8 Å². The first-order valence-electron chi connectivity index (χ1n) is 6.96. The van der Waals surface area contributed by atoms with Gasteiger partial charge in [0.2, 0.25) is 5.91 Å². The first-order valence-corrected chi connectivity index (χ1v) is 9.57. The van der Waals surface area contributed by atoms with Crippen LogP contribution in [0, 0.1) is 3.57 Å². The third-order valence-corrected chi connectivity index (χ3v) is 4.89. The lowest BCUT2D eigenvalue weighted by Gasteiger charge is -2.04. The number of thioether (sulfide) groups is 1. The van der Waals surface area contributed by atoms with Gasteiger partial charge in [-0.05, 0) is 64.9 Å². The Hall–Kier alpha value is -1.05. The van der Waals surface area contributed by atoms with Gasteiger partial charge in [0.05, 0.1) is 11.5 Å². The largest absolute Gasteiger partial charge is 0.272 e. The van der Waals surface area contributed by atoms with Crippen molar-refractivity contribution in [3.05, 3.63) is 68.3 Å². The number of nitrogens with one attached hydrogen (secondary N) is 1. The van der Waals surface area contributed by atoms with Crippen molar-refractivity contribution in [2.75, 3.05) is 5.75 Å². The van der Waals surface area contributed by atoms with Gasteiger partial charge in [0.15, 0.2) is 0 Å². The minimum absolute atomic E-state index is 0.109. The number of hydrogen-bond acceptors (Lipinski definition) is 3. The van der Waals surface area contributed by atoms with Crippen LogP contribution in [0.5, 0.6) is 0 Å². The number of carbonyl (C=O) groups is 1. The van der Waals surface area contributed by atoms with Gasteiger partial charge in [-0.2, -0.15) is 5.10 Å². The third-order valence-electron chi connectivity index (χ3n) is 2.98. The highest BCUT2D eigenvalue weighted by atomic mass is 127. The van der Waals surface area contributed by atoms with Gasteiger partial charge in [0, 0.05) is 14.3 Å². The third kappa shape index (κ3) is 6.53. The summed E-state index contributed by atoms with van der Waals surface area (Å²) in [6.45, 7) is 1.88. The second-order valence-electron chi connectivity index (χ2n) is 4.87. The van der Waals surface area contributed by atoms with E-state index < -0.39 is 0 Å². The van der Waals surface area contributed by atoms with E-state index in [1.54, 1.807) is 0 Å². The van der Waals surface area contributed by atoms with E-state index in [1.807, 2.05) is 55.5 Å². The zero-order chi connectivity index (χ0) is 16.7. The van der Waals surface area contributed by atoms with Crippen LogP contribution in [-0.4, -0.2) is 17.4 Å². The number of amides is 1. The van der Waals surface area contributed by atoms with E-state index in [9.17, 15) is 4.79 Å². The molecule has 2 aromatic carbocycles. The lowest BCUT2D eigenvalue weighted by atomic mass is 10.1. The summed E-state index contributed by atoms with van der Waals surface area (Å²) >= 11 is 9.72. The van der Waals surface area contributed by atoms with Crippen molar-refractivity contribution in [2.45, 2.75) is 12.7 Å². The molecule has 0 atom stereocenters. The summed E-state index contributed by atoms with van der Waals surface area (Å²) in [4.78, 5) is 11.8. The van der Waals surface area contributed by atoms with Crippen molar-refractivity contribution in [1.29, 1.82) is 0 Å². The van der Waals surface area contributed by atoms with Crippen molar-refractivity contribution in [2.24, 2.45) is 5.10 Å². The standard InChI is InChI=1S/C17H16ClIN2OS/c1-12(14-5-3-7-16(19)9-14)20-21-17(22)11-23-10-13-4-2-6-15(18)8-13/h2-9H,10-11H2,1H3,(H,21,22)/b20-12+. The molecule has 0 aliphatic carbocycles. The van der Waals surface area contributed by atoms with E-state index in [0.717, 1.165) is 26.2 Å². The number of hydrazone groups is 1. The molecule has 6 heteroatoms. The summed E-state index contributed by atoms with van der Waals surface area (Å²) < 4.78 is 1.14. The summed E-state index contributed by atoms with van der Waals surface area (Å²) in [5.41, 5.74) is 5.50. The second-order valence-corrected chi connectivity index (χ2v) is 7.53. The van der Waals surface area contributed by atoms with Crippen LogP contribution in [-0.2, 0) is 10.5 Å². The van der Waals surface area contributed by atoms with Crippen molar-refractivity contribution in [3.8, 4) is 0 Å². The first kappa shape index (κ1) is 18.3. The van der Waals surface area contributed by atoms with Gasteiger partial charge in [-0.1, -0.05) is 35.9 Å². The average Bonchev–Trinajstić information content (AvgIpc) is 2.52. The Bertz CT molecular complexity index is 721. The molecule has 2 rings (SSSR count). The molecule has 0 aliphatic rings. The molecular weight excluding hydrogens is 443 g/mol. The number of rotatable bonds is 6. The first-order chi connectivity index (χ1) is 11.0. The zero-order valence-corrected chi connectivity index (χ0v) is 16.3. The normalized spacial score (nSPS) is 11.3. The van der Waals surface area contributed by atoms with Gasteiger partial charge < -0.3 is 0 Å². The number of nitrogens with zero attached hydrogens (tertiary/aromatic N) is 1. The van der Waals surface area contributed by atoms with E-state index in [1.165, 1.54) is 11.8 Å². The molecule has 23 heavy (non-hydrogen) atoms. The van der Waals surface area contributed by atoms with E-state index in [4.69, 9.17) is 11.6 Å². The monoisotopic (exact) mass is 458 g/mol. The van der Waals surface area contributed by atoms with Gasteiger partial charge in [0.25, 0.3) is 0 Å². The van der Waals surface area contributed by atoms with Gasteiger partial charge in [-0.25, -0.2) is 5.43 Å². The summed E-state index contributed by atoms with van der Waals surface area (Å²) in [6, 6.07) is 15.6. The number of halogens is 2. The smallest absolute Gasteiger partial charge is 0.250 e. The molecule has 2 aromatic rings. The molecule has 3 nitrogen and oxygen atoms in total. The summed E-state index contributed by atoms with van der Waals surface area (Å²) in [7, 11) is 0. The Kier molecular flexibility index (Phi) is 7.39. The topological polar surface area (TPSA) is 41.5 Å². The van der Waals surface area contributed by atoms with Crippen LogP contribution in [0.1, 0.15) is 18.1 Å². The van der Waals surface area contributed by atoms with Crippen molar-refractivity contribution >= 4 is 57.6 Å². The maximum Gasteiger partial charge on any atom is 0.250 e. The van der Waals surface area contributed by atoms with Crippen LogP contribution in [0.25, 0.3) is 0 Å². The van der Waals surface area contributed by atoms with E-state index >= 15 is 0 Å². The molecule has 0 aliphatic heterocycles. The highest BCUT2D eigenvalue weighted by Gasteiger charge is 2.03. The molecular formula is C17H16ClIN2OS. The lowest BCUT2D eigenvalue weighted by Crippen LogP contribution is -2.21. The van der Waals surface area contributed by atoms with Crippen molar-refractivity contribution in [3.63, 3.8) is 0 Å². The number of carbonyl (C=O) groups excluding carboxylic acids is 1. The van der Waals surface area contributed by atoms with Crippen LogP contribution >= 0.6 is 46.0 Å². The van der Waals surface area contributed by atoms with Crippen LogP contribution in [0.15, 0.2) is 53.6 Å². The molecule has 0 radical (unpaired) electrons. The number of benzene rings is 2. The molecule has 0 heterocycles. The minimum Gasteiger partial charge on any atom is -0.272 e. The lowest BCUT2D eigenvalue weighted by molar-refractivity contribution is -0.118. The van der Waals surface area contributed by atoms with E-state index in [2.05, 4.69) is 33.1 Å². The molecule has 120 valence electrons. The highest BCUT2D eigenvalue weighted by molar-refractivity contribution is 14.1. The summed E-state index contributed by atoms with van der Waals surface area (Å²) in [5, 5.41) is 4.87. The molecule has 1 amide bonds. The second kappa shape index (κ2) is 9.30. The molecule has 1 N–H and O–H groups in total. The van der Waals surface area contributed by atoms with Crippen LogP contribution in [0.3, 0.4) is 0 Å². The Morgan fingerprint density at radius 3 is 2.78 bits per heavy atom. The maximum absolute atomic E-state index is 11.8. The van der Waals surface area contributed by atoms with Crippen LogP contribution in [0.4, 0.5) is 0 Å². The Balaban J connectivity index is 1.79. The van der Waals surface area contributed by atoms with Gasteiger partial charge in [-0.15, -0.1) is 11.8 Å². The fourth-order valence-corrected chi connectivity index (χ4v) is 3.37. The maximum atomic E-state index is 11.8. The quantitative estimate of drug-likeness (QED) is 0.387. The van der Waals surface area contributed by atoms with Gasteiger partial charge in [0.1, 0.15) is 0 Å². The zero-order valence-electron chi connectivity index (χ0n) is 12.6. The molecule has 0 bridgehead atoms. The average molecular weight is 459 g/mol. The fraction of sp³-hybridized carbons (Fsp3) is 0.176. The van der Waals surface area contributed by atoms with Crippen molar-refractivity contribution in [1.82, 2.24) is 5.43 Å². The van der Waals surface area contributed by atoms with E-state index in [-0.39, 0.29) is 5.91 Å². The number of hydrogen-bond donors (Lipinski definition) is 1.